The Labute approximate surface area is 172 Å². The van der Waals surface area contributed by atoms with Crippen LogP contribution in [0.25, 0.3) is 0 Å². The van der Waals surface area contributed by atoms with E-state index in [1.54, 1.807) is 25.1 Å². The van der Waals surface area contributed by atoms with Gasteiger partial charge in [0.15, 0.2) is 0 Å². The van der Waals surface area contributed by atoms with E-state index in [0.717, 1.165) is 5.56 Å². The fourth-order valence-electron chi connectivity index (χ4n) is 2.89. The summed E-state index contributed by atoms with van der Waals surface area (Å²) in [5.41, 5.74) is 0.592. The second kappa shape index (κ2) is 9.66. The van der Waals surface area contributed by atoms with Gasteiger partial charge in [-0.3, -0.25) is 19.1 Å². The molecule has 0 spiro atoms. The molecule has 0 atom stereocenters. The second-order valence-electron chi connectivity index (χ2n) is 6.58. The van der Waals surface area contributed by atoms with Crippen LogP contribution in [0.2, 0.25) is 0 Å². The number of ether oxygens (including phenoxy) is 1. The van der Waals surface area contributed by atoms with E-state index >= 15 is 0 Å². The smallest absolute Gasteiger partial charge is 0.330 e. The highest BCUT2D eigenvalue weighted by atomic mass is 16.5. The monoisotopic (exact) mass is 409 g/mol. The van der Waals surface area contributed by atoms with Crippen LogP contribution in [0.3, 0.4) is 0 Å². The standard InChI is InChI=1S/C21H23N5O4/c1-14-7-6-10-16(23-14)19(27)24-18-17(22-13-15-8-4-3-5-9-15)20(28)25-21(29)26(18)11-12-30-2/h3-10,22H,11-13H2,1-2H3,(H,24,27)(H,25,28,29). The minimum absolute atomic E-state index is 0.0602. The molecule has 156 valence electrons. The van der Waals surface area contributed by atoms with Crippen LogP contribution in [0.5, 0.6) is 0 Å². The van der Waals surface area contributed by atoms with E-state index in [-0.39, 0.29) is 30.4 Å². The fraction of sp³-hybridized carbons (Fsp3) is 0.238. The molecule has 2 aromatic heterocycles. The van der Waals surface area contributed by atoms with Gasteiger partial charge in [0.05, 0.1) is 13.2 Å². The van der Waals surface area contributed by atoms with E-state index in [1.165, 1.54) is 11.7 Å². The SMILES string of the molecule is COCCn1c(NC(=O)c2cccc(C)n2)c(NCc2ccccc2)c(=O)[nH]c1=O. The summed E-state index contributed by atoms with van der Waals surface area (Å²) in [4.78, 5) is 44.2. The Kier molecular flexibility index (Phi) is 6.76. The molecular weight excluding hydrogens is 386 g/mol. The summed E-state index contributed by atoms with van der Waals surface area (Å²) in [5, 5.41) is 5.70. The van der Waals surface area contributed by atoms with Crippen molar-refractivity contribution in [2.45, 2.75) is 20.0 Å². The summed E-state index contributed by atoms with van der Waals surface area (Å²) in [5.74, 6) is -0.470. The summed E-state index contributed by atoms with van der Waals surface area (Å²) < 4.78 is 6.32. The highest BCUT2D eigenvalue weighted by Gasteiger charge is 2.19. The van der Waals surface area contributed by atoms with Crippen molar-refractivity contribution in [2.75, 3.05) is 24.4 Å². The number of aryl methyl sites for hydroxylation is 1. The van der Waals surface area contributed by atoms with Crippen LogP contribution in [0.1, 0.15) is 21.7 Å². The van der Waals surface area contributed by atoms with E-state index in [2.05, 4.69) is 20.6 Å². The first kappa shape index (κ1) is 21.0. The molecule has 0 radical (unpaired) electrons. The Bertz CT molecular complexity index is 1140. The third-order valence-electron chi connectivity index (χ3n) is 4.38. The van der Waals surface area contributed by atoms with Crippen LogP contribution in [0.15, 0.2) is 58.1 Å². The molecule has 0 aliphatic rings. The number of hydrogen-bond acceptors (Lipinski definition) is 6. The second-order valence-corrected chi connectivity index (χ2v) is 6.58. The molecule has 3 aromatic rings. The fourth-order valence-corrected chi connectivity index (χ4v) is 2.89. The Morgan fingerprint density at radius 2 is 1.90 bits per heavy atom. The first-order valence-electron chi connectivity index (χ1n) is 9.38. The van der Waals surface area contributed by atoms with E-state index in [9.17, 15) is 14.4 Å². The van der Waals surface area contributed by atoms with E-state index in [0.29, 0.717) is 12.2 Å². The molecular formula is C21H23N5O4. The van der Waals surface area contributed by atoms with Gasteiger partial charge in [-0.15, -0.1) is 0 Å². The van der Waals surface area contributed by atoms with Crippen LogP contribution in [0.4, 0.5) is 11.5 Å². The average molecular weight is 409 g/mol. The number of anilines is 2. The predicted octanol–water partition coefficient (Wildman–Crippen LogP) is 1.75. The van der Waals surface area contributed by atoms with Crippen LogP contribution >= 0.6 is 0 Å². The number of pyridine rings is 1. The molecule has 1 amide bonds. The number of nitrogens with one attached hydrogen (secondary N) is 3. The highest BCUT2D eigenvalue weighted by molar-refractivity contribution is 6.03. The van der Waals surface area contributed by atoms with Gasteiger partial charge in [0.1, 0.15) is 17.2 Å². The van der Waals surface area contributed by atoms with E-state index in [4.69, 9.17) is 4.74 Å². The first-order valence-corrected chi connectivity index (χ1v) is 9.38. The van der Waals surface area contributed by atoms with Gasteiger partial charge in [-0.2, -0.15) is 0 Å². The summed E-state index contributed by atoms with van der Waals surface area (Å²) in [7, 11) is 1.50. The largest absolute Gasteiger partial charge is 0.383 e. The quantitative estimate of drug-likeness (QED) is 0.522. The number of carbonyl (C=O) groups is 1. The van der Waals surface area contributed by atoms with Gasteiger partial charge in [-0.05, 0) is 24.6 Å². The Balaban J connectivity index is 2.00. The zero-order chi connectivity index (χ0) is 21.5. The van der Waals surface area contributed by atoms with Crippen LogP contribution < -0.4 is 21.9 Å². The van der Waals surface area contributed by atoms with Crippen molar-refractivity contribution in [2.24, 2.45) is 0 Å². The number of methoxy groups -OCH3 is 1. The number of H-pyrrole nitrogens is 1. The Morgan fingerprint density at radius 3 is 2.60 bits per heavy atom. The molecule has 2 heterocycles. The maximum Gasteiger partial charge on any atom is 0.330 e. The normalized spacial score (nSPS) is 10.6. The Hall–Kier alpha value is -3.72. The predicted molar refractivity (Wildman–Crippen MR) is 114 cm³/mol. The lowest BCUT2D eigenvalue weighted by Crippen LogP contribution is -2.36. The molecule has 1 aromatic carbocycles. The van der Waals surface area contributed by atoms with Crippen molar-refractivity contribution >= 4 is 17.4 Å². The topological polar surface area (TPSA) is 118 Å². The van der Waals surface area contributed by atoms with Crippen molar-refractivity contribution in [1.29, 1.82) is 0 Å². The lowest BCUT2D eigenvalue weighted by molar-refractivity contribution is 0.102. The summed E-state index contributed by atoms with van der Waals surface area (Å²) in [6, 6.07) is 14.5. The summed E-state index contributed by atoms with van der Waals surface area (Å²) in [6.45, 7) is 2.46. The number of benzene rings is 1. The van der Waals surface area contributed by atoms with Crippen LogP contribution in [-0.4, -0.2) is 34.2 Å². The minimum atomic E-state index is -0.644. The summed E-state index contributed by atoms with van der Waals surface area (Å²) in [6.07, 6.45) is 0. The molecule has 0 saturated heterocycles. The molecule has 0 aliphatic heterocycles. The van der Waals surface area contributed by atoms with Crippen molar-refractivity contribution in [3.05, 3.63) is 86.3 Å². The molecule has 0 saturated carbocycles. The van der Waals surface area contributed by atoms with Gasteiger partial charge in [-0.25, -0.2) is 9.78 Å². The van der Waals surface area contributed by atoms with E-state index < -0.39 is 17.2 Å². The van der Waals surface area contributed by atoms with Gasteiger partial charge in [0, 0.05) is 19.3 Å². The minimum Gasteiger partial charge on any atom is -0.383 e. The van der Waals surface area contributed by atoms with Crippen molar-refractivity contribution in [3.8, 4) is 0 Å². The third-order valence-corrected chi connectivity index (χ3v) is 4.38. The summed E-state index contributed by atoms with van der Waals surface area (Å²) >= 11 is 0. The number of rotatable bonds is 8. The lowest BCUT2D eigenvalue weighted by atomic mass is 10.2. The number of carbonyl (C=O) groups excluding carboxylic acids is 1. The molecule has 9 nitrogen and oxygen atoms in total. The maximum atomic E-state index is 12.8. The molecule has 30 heavy (non-hydrogen) atoms. The van der Waals surface area contributed by atoms with Gasteiger partial charge in [-0.1, -0.05) is 36.4 Å². The molecule has 0 bridgehead atoms. The number of amides is 1. The molecule has 0 fully saturated rings. The van der Waals surface area contributed by atoms with Crippen molar-refractivity contribution in [1.82, 2.24) is 14.5 Å². The first-order chi connectivity index (χ1) is 14.5. The Morgan fingerprint density at radius 1 is 1.13 bits per heavy atom. The molecule has 0 aliphatic carbocycles. The van der Waals surface area contributed by atoms with Crippen molar-refractivity contribution < 1.29 is 9.53 Å². The highest BCUT2D eigenvalue weighted by Crippen LogP contribution is 2.17. The van der Waals surface area contributed by atoms with E-state index in [1.807, 2.05) is 30.3 Å². The van der Waals surface area contributed by atoms with Crippen molar-refractivity contribution in [3.63, 3.8) is 0 Å². The van der Waals surface area contributed by atoms with Gasteiger partial charge in [0.2, 0.25) is 0 Å². The average Bonchev–Trinajstić information content (AvgIpc) is 2.73. The molecule has 9 heteroatoms. The number of hydrogen-bond donors (Lipinski definition) is 3. The number of nitrogens with zero attached hydrogens (tertiary/aromatic N) is 2. The zero-order valence-corrected chi connectivity index (χ0v) is 16.8. The molecule has 3 rings (SSSR count). The third kappa shape index (κ3) is 5.00. The van der Waals surface area contributed by atoms with Gasteiger partial charge < -0.3 is 15.4 Å². The van der Waals surface area contributed by atoms with Gasteiger partial charge >= 0.3 is 5.69 Å². The molecule has 3 N–H and O–H groups in total. The maximum absolute atomic E-state index is 12.8. The zero-order valence-electron chi connectivity index (χ0n) is 16.8. The van der Waals surface area contributed by atoms with Crippen LogP contribution in [0, 0.1) is 6.92 Å². The molecule has 0 unspecified atom stereocenters. The van der Waals surface area contributed by atoms with Gasteiger partial charge in [0.25, 0.3) is 11.5 Å². The van der Waals surface area contributed by atoms with Crippen LogP contribution in [-0.2, 0) is 17.8 Å². The number of aromatic amines is 1. The number of aromatic nitrogens is 3. The lowest BCUT2D eigenvalue weighted by Gasteiger charge is -2.17.